The van der Waals surface area contributed by atoms with E-state index in [-0.39, 0.29) is 0 Å². The lowest BCUT2D eigenvalue weighted by molar-refractivity contribution is 0.0697. The normalized spacial score (nSPS) is 18.0. The van der Waals surface area contributed by atoms with Crippen LogP contribution in [0, 0.1) is 0 Å². The highest BCUT2D eigenvalue weighted by Crippen LogP contribution is 2.26. The van der Waals surface area contributed by atoms with Crippen molar-refractivity contribution in [2.24, 2.45) is 0 Å². The lowest BCUT2D eigenvalue weighted by Crippen LogP contribution is -2.49. The molecule has 1 aromatic carbocycles. The average Bonchev–Trinajstić information content (AvgIpc) is 2.47. The second-order valence-electron chi connectivity index (χ2n) is 5.36. The number of hydrogen-bond acceptors (Lipinski definition) is 4. The van der Waals surface area contributed by atoms with Gasteiger partial charge in [0.05, 0.1) is 16.9 Å². The summed E-state index contributed by atoms with van der Waals surface area (Å²) in [6.07, 6.45) is 1.15. The van der Waals surface area contributed by atoms with E-state index in [0.717, 1.165) is 38.3 Å². The predicted octanol–water partition coefficient (Wildman–Crippen LogP) is 1.89. The van der Waals surface area contributed by atoms with Crippen LogP contribution >= 0.6 is 0 Å². The molecular weight excluding hydrogens is 254 g/mol. The molecule has 0 radical (unpaired) electrons. The molecule has 5 nitrogen and oxygen atoms in total. The van der Waals surface area contributed by atoms with Gasteiger partial charge < -0.3 is 15.7 Å². The van der Waals surface area contributed by atoms with Gasteiger partial charge in [-0.3, -0.25) is 4.90 Å². The van der Waals surface area contributed by atoms with Gasteiger partial charge in [0.2, 0.25) is 0 Å². The largest absolute Gasteiger partial charge is 0.478 e. The smallest absolute Gasteiger partial charge is 0.335 e. The second kappa shape index (κ2) is 6.13. The summed E-state index contributed by atoms with van der Waals surface area (Å²) in [5, 5.41) is 9.08. The highest BCUT2D eigenvalue weighted by atomic mass is 16.4. The van der Waals surface area contributed by atoms with Crippen molar-refractivity contribution < 1.29 is 9.90 Å². The standard InChI is InChI=1S/C15H23N3O2/c1-3-11(2)17-6-8-18(9-7-17)14-10-12(15(19)20)4-5-13(14)16/h4-5,10-11H,3,6-9,16H2,1-2H3,(H,19,20). The molecule has 1 unspecified atom stereocenters. The number of carboxylic acids is 1. The molecule has 20 heavy (non-hydrogen) atoms. The zero-order chi connectivity index (χ0) is 14.7. The van der Waals surface area contributed by atoms with E-state index in [0.29, 0.717) is 17.3 Å². The van der Waals surface area contributed by atoms with E-state index < -0.39 is 5.97 Å². The third-order valence-electron chi connectivity index (χ3n) is 4.15. The van der Waals surface area contributed by atoms with Gasteiger partial charge in [-0.15, -0.1) is 0 Å². The molecule has 3 N–H and O–H groups in total. The lowest BCUT2D eigenvalue weighted by Gasteiger charge is -2.39. The number of anilines is 2. The Morgan fingerprint density at radius 1 is 1.35 bits per heavy atom. The summed E-state index contributed by atoms with van der Waals surface area (Å²) in [5.41, 5.74) is 7.77. The van der Waals surface area contributed by atoms with Crippen LogP contribution in [0.4, 0.5) is 11.4 Å². The number of nitrogens with zero attached hydrogens (tertiary/aromatic N) is 2. The summed E-state index contributed by atoms with van der Waals surface area (Å²) >= 11 is 0. The quantitative estimate of drug-likeness (QED) is 0.822. The third-order valence-corrected chi connectivity index (χ3v) is 4.15. The predicted molar refractivity (Wildman–Crippen MR) is 81.4 cm³/mol. The number of piperazine rings is 1. The molecule has 0 aromatic heterocycles. The van der Waals surface area contributed by atoms with Crippen LogP contribution in [-0.2, 0) is 0 Å². The molecule has 1 fully saturated rings. The summed E-state index contributed by atoms with van der Waals surface area (Å²) in [5.74, 6) is -0.913. The maximum atomic E-state index is 11.1. The van der Waals surface area contributed by atoms with E-state index in [9.17, 15) is 4.79 Å². The van der Waals surface area contributed by atoms with Crippen LogP contribution in [0.1, 0.15) is 30.6 Å². The number of benzene rings is 1. The van der Waals surface area contributed by atoms with Crippen LogP contribution in [0.3, 0.4) is 0 Å². The van der Waals surface area contributed by atoms with Crippen molar-refractivity contribution in [1.82, 2.24) is 4.90 Å². The molecule has 110 valence electrons. The van der Waals surface area contributed by atoms with Gasteiger partial charge in [-0.05, 0) is 31.5 Å². The molecule has 2 rings (SSSR count). The van der Waals surface area contributed by atoms with Crippen LogP contribution in [0.25, 0.3) is 0 Å². The first-order chi connectivity index (χ1) is 9.52. The fourth-order valence-corrected chi connectivity index (χ4v) is 2.61. The highest BCUT2D eigenvalue weighted by molar-refractivity contribution is 5.90. The van der Waals surface area contributed by atoms with Crippen LogP contribution in [0.5, 0.6) is 0 Å². The van der Waals surface area contributed by atoms with Crippen LogP contribution in [-0.4, -0.2) is 48.2 Å². The fourth-order valence-electron chi connectivity index (χ4n) is 2.61. The minimum Gasteiger partial charge on any atom is -0.478 e. The molecule has 0 bridgehead atoms. The molecule has 1 aromatic rings. The van der Waals surface area contributed by atoms with Crippen molar-refractivity contribution >= 4 is 17.3 Å². The van der Waals surface area contributed by atoms with Crippen molar-refractivity contribution in [3.63, 3.8) is 0 Å². The summed E-state index contributed by atoms with van der Waals surface area (Å²) in [4.78, 5) is 15.7. The van der Waals surface area contributed by atoms with E-state index in [1.54, 1.807) is 18.2 Å². The summed E-state index contributed by atoms with van der Waals surface area (Å²) < 4.78 is 0. The SMILES string of the molecule is CCC(C)N1CCN(c2cc(C(=O)O)ccc2N)CC1. The molecule has 0 spiro atoms. The number of hydrogen-bond donors (Lipinski definition) is 2. The minimum atomic E-state index is -0.913. The van der Waals surface area contributed by atoms with E-state index in [4.69, 9.17) is 10.8 Å². The average molecular weight is 277 g/mol. The minimum absolute atomic E-state index is 0.290. The van der Waals surface area contributed by atoms with E-state index in [1.807, 2.05) is 0 Å². The van der Waals surface area contributed by atoms with Crippen LogP contribution in [0.2, 0.25) is 0 Å². The molecule has 1 saturated heterocycles. The van der Waals surface area contributed by atoms with Gasteiger partial charge in [0, 0.05) is 32.2 Å². The Balaban J connectivity index is 2.10. The first-order valence-corrected chi connectivity index (χ1v) is 7.14. The zero-order valence-corrected chi connectivity index (χ0v) is 12.2. The van der Waals surface area contributed by atoms with Crippen molar-refractivity contribution in [2.75, 3.05) is 36.8 Å². The first-order valence-electron chi connectivity index (χ1n) is 7.14. The van der Waals surface area contributed by atoms with Gasteiger partial charge >= 0.3 is 5.97 Å². The summed E-state index contributed by atoms with van der Waals surface area (Å²) in [7, 11) is 0. The Bertz CT molecular complexity index is 482. The molecule has 0 aliphatic carbocycles. The topological polar surface area (TPSA) is 69.8 Å². The Hall–Kier alpha value is -1.75. The molecule has 5 heteroatoms. The molecular formula is C15H23N3O2. The Morgan fingerprint density at radius 3 is 2.55 bits per heavy atom. The van der Waals surface area contributed by atoms with Crippen molar-refractivity contribution in [2.45, 2.75) is 26.3 Å². The van der Waals surface area contributed by atoms with Gasteiger partial charge in [0.1, 0.15) is 0 Å². The molecule has 0 saturated carbocycles. The monoisotopic (exact) mass is 277 g/mol. The van der Waals surface area contributed by atoms with E-state index in [2.05, 4.69) is 23.6 Å². The number of nitrogens with two attached hydrogens (primary N) is 1. The molecule has 1 aliphatic heterocycles. The maximum absolute atomic E-state index is 11.1. The number of carboxylic acid groups (broad SMARTS) is 1. The van der Waals surface area contributed by atoms with Gasteiger partial charge in [0.25, 0.3) is 0 Å². The van der Waals surface area contributed by atoms with Gasteiger partial charge in [-0.2, -0.15) is 0 Å². The number of aromatic carboxylic acids is 1. The first kappa shape index (κ1) is 14.7. The summed E-state index contributed by atoms with van der Waals surface area (Å²) in [6.45, 7) is 8.20. The van der Waals surface area contributed by atoms with E-state index >= 15 is 0 Å². The molecule has 1 aliphatic rings. The Morgan fingerprint density at radius 2 is 2.00 bits per heavy atom. The zero-order valence-electron chi connectivity index (χ0n) is 12.2. The fraction of sp³-hybridized carbons (Fsp3) is 0.533. The van der Waals surface area contributed by atoms with E-state index in [1.165, 1.54) is 0 Å². The Labute approximate surface area is 120 Å². The third kappa shape index (κ3) is 3.04. The Kier molecular flexibility index (Phi) is 4.49. The molecule has 1 heterocycles. The second-order valence-corrected chi connectivity index (χ2v) is 5.36. The van der Waals surface area contributed by atoms with Crippen molar-refractivity contribution in [3.8, 4) is 0 Å². The summed E-state index contributed by atoms with van der Waals surface area (Å²) in [6, 6.07) is 5.51. The van der Waals surface area contributed by atoms with Gasteiger partial charge in [0.15, 0.2) is 0 Å². The molecule has 1 atom stereocenters. The van der Waals surface area contributed by atoms with Gasteiger partial charge in [-0.25, -0.2) is 4.79 Å². The maximum Gasteiger partial charge on any atom is 0.335 e. The van der Waals surface area contributed by atoms with Crippen LogP contribution in [0.15, 0.2) is 18.2 Å². The lowest BCUT2D eigenvalue weighted by atomic mass is 10.1. The van der Waals surface area contributed by atoms with Crippen molar-refractivity contribution in [3.05, 3.63) is 23.8 Å². The van der Waals surface area contributed by atoms with Crippen LogP contribution < -0.4 is 10.6 Å². The van der Waals surface area contributed by atoms with Gasteiger partial charge in [-0.1, -0.05) is 6.92 Å². The molecule has 0 amide bonds. The number of nitrogen functional groups attached to an aromatic ring is 1. The number of carbonyl (C=O) groups is 1. The highest BCUT2D eigenvalue weighted by Gasteiger charge is 2.22. The number of rotatable bonds is 4. The van der Waals surface area contributed by atoms with Crippen molar-refractivity contribution in [1.29, 1.82) is 0 Å².